The van der Waals surface area contributed by atoms with Crippen molar-refractivity contribution < 1.29 is 9.21 Å². The summed E-state index contributed by atoms with van der Waals surface area (Å²) in [6.07, 6.45) is 3.83. The monoisotopic (exact) mass is 343 g/mol. The number of piperidine rings is 1. The van der Waals surface area contributed by atoms with Crippen LogP contribution in [0.1, 0.15) is 32.1 Å². The zero-order valence-electron chi connectivity index (χ0n) is 14.8. The van der Waals surface area contributed by atoms with E-state index < -0.39 is 0 Å². The Kier molecular flexibility index (Phi) is 5.65. The van der Waals surface area contributed by atoms with E-state index in [0.717, 1.165) is 30.9 Å². The van der Waals surface area contributed by atoms with Crippen molar-refractivity contribution in [1.29, 1.82) is 0 Å². The highest BCUT2D eigenvalue weighted by Crippen LogP contribution is 2.20. The van der Waals surface area contributed by atoms with E-state index in [0.29, 0.717) is 11.8 Å². The molecule has 0 unspecified atom stereocenters. The maximum absolute atomic E-state index is 12.1. The highest BCUT2D eigenvalue weighted by atomic mass is 16.4. The number of aromatic nitrogens is 2. The first kappa shape index (κ1) is 17.4. The van der Waals surface area contributed by atoms with Gasteiger partial charge in [0.05, 0.1) is 0 Å². The van der Waals surface area contributed by atoms with Gasteiger partial charge in [-0.15, -0.1) is 10.2 Å². The number of rotatable bonds is 5. The molecule has 0 bridgehead atoms. The number of hydrogen-bond donors (Lipinski definition) is 2. The van der Waals surface area contributed by atoms with Gasteiger partial charge in [-0.1, -0.05) is 6.42 Å². The number of hydrogen-bond acceptors (Lipinski definition) is 5. The number of nitrogens with zero attached hydrogens (tertiary/aromatic N) is 3. The van der Waals surface area contributed by atoms with Crippen LogP contribution in [0.15, 0.2) is 28.7 Å². The maximum Gasteiger partial charge on any atom is 0.319 e. The maximum atomic E-state index is 12.1. The third kappa shape index (κ3) is 5.03. The average Bonchev–Trinajstić information content (AvgIpc) is 3.02. The van der Waals surface area contributed by atoms with Gasteiger partial charge < -0.3 is 20.0 Å². The van der Waals surface area contributed by atoms with E-state index in [1.165, 1.54) is 19.3 Å². The topological polar surface area (TPSA) is 83.3 Å². The SMILES string of the molecule is Cc1nnc(-c2ccc(NC(=O)N[C@H](C)CN3CCCCC3)cc2)o1. The molecule has 1 aromatic heterocycles. The predicted molar refractivity (Wildman–Crippen MR) is 96.4 cm³/mol. The summed E-state index contributed by atoms with van der Waals surface area (Å²) in [6, 6.07) is 7.26. The van der Waals surface area contributed by atoms with Gasteiger partial charge in [-0.05, 0) is 57.1 Å². The van der Waals surface area contributed by atoms with Gasteiger partial charge in [0.2, 0.25) is 11.8 Å². The van der Waals surface area contributed by atoms with Gasteiger partial charge in [0.1, 0.15) is 0 Å². The zero-order chi connectivity index (χ0) is 17.6. The number of nitrogens with one attached hydrogen (secondary N) is 2. The molecule has 134 valence electrons. The first-order valence-corrected chi connectivity index (χ1v) is 8.80. The molecular weight excluding hydrogens is 318 g/mol. The van der Waals surface area contributed by atoms with Crippen LogP contribution in [0, 0.1) is 6.92 Å². The third-order valence-corrected chi connectivity index (χ3v) is 4.27. The summed E-state index contributed by atoms with van der Waals surface area (Å²) < 4.78 is 5.39. The van der Waals surface area contributed by atoms with Crippen LogP contribution in [0.4, 0.5) is 10.5 Å². The fourth-order valence-electron chi connectivity index (χ4n) is 3.08. The van der Waals surface area contributed by atoms with Gasteiger partial charge in [0.25, 0.3) is 0 Å². The van der Waals surface area contributed by atoms with Gasteiger partial charge >= 0.3 is 6.03 Å². The number of aryl methyl sites for hydroxylation is 1. The summed E-state index contributed by atoms with van der Waals surface area (Å²) in [5.41, 5.74) is 1.55. The Morgan fingerprint density at radius 1 is 1.20 bits per heavy atom. The molecule has 1 aliphatic rings. The summed E-state index contributed by atoms with van der Waals surface area (Å²) in [7, 11) is 0. The van der Waals surface area contributed by atoms with E-state index in [9.17, 15) is 4.79 Å². The van der Waals surface area contributed by atoms with Crippen LogP contribution in [-0.4, -0.2) is 46.8 Å². The quantitative estimate of drug-likeness (QED) is 0.872. The van der Waals surface area contributed by atoms with Gasteiger partial charge in [-0.2, -0.15) is 0 Å². The molecule has 2 heterocycles. The molecule has 0 aliphatic carbocycles. The fourth-order valence-corrected chi connectivity index (χ4v) is 3.08. The Bertz CT molecular complexity index is 692. The van der Waals surface area contributed by atoms with Crippen LogP contribution in [-0.2, 0) is 0 Å². The molecule has 2 amide bonds. The van der Waals surface area contributed by atoms with E-state index in [1.807, 2.05) is 31.2 Å². The van der Waals surface area contributed by atoms with Gasteiger partial charge in [-0.3, -0.25) is 0 Å². The Labute approximate surface area is 147 Å². The molecule has 1 aliphatic heterocycles. The zero-order valence-corrected chi connectivity index (χ0v) is 14.8. The van der Waals surface area contributed by atoms with Crippen molar-refractivity contribution in [2.24, 2.45) is 0 Å². The molecule has 1 fully saturated rings. The van der Waals surface area contributed by atoms with Crippen LogP contribution in [0.25, 0.3) is 11.5 Å². The van der Waals surface area contributed by atoms with Crippen molar-refractivity contribution in [2.45, 2.75) is 39.2 Å². The standard InChI is InChI=1S/C18H25N5O2/c1-13(12-23-10-4-3-5-11-23)19-18(24)20-16-8-6-15(7-9-16)17-22-21-14(2)25-17/h6-9,13H,3-5,10-12H2,1-2H3,(H2,19,20,24)/t13-/m1/s1. The van der Waals surface area contributed by atoms with Crippen molar-refractivity contribution in [2.75, 3.05) is 25.0 Å². The molecule has 0 saturated carbocycles. The summed E-state index contributed by atoms with van der Waals surface area (Å²) in [5.74, 6) is 1.00. The average molecular weight is 343 g/mol. The van der Waals surface area contributed by atoms with Crippen molar-refractivity contribution >= 4 is 11.7 Å². The summed E-state index contributed by atoms with van der Waals surface area (Å²) in [4.78, 5) is 14.6. The van der Waals surface area contributed by atoms with Gasteiger partial charge in [0, 0.05) is 30.8 Å². The Hall–Kier alpha value is -2.41. The number of carbonyl (C=O) groups excluding carboxylic acids is 1. The van der Waals surface area contributed by atoms with Gasteiger partial charge in [0.15, 0.2) is 0 Å². The minimum Gasteiger partial charge on any atom is -0.421 e. The lowest BCUT2D eigenvalue weighted by Crippen LogP contribution is -2.45. The molecule has 1 aromatic carbocycles. The lowest BCUT2D eigenvalue weighted by molar-refractivity contribution is 0.206. The normalized spacial score (nSPS) is 16.4. The molecular formula is C18H25N5O2. The van der Waals surface area contributed by atoms with Crippen molar-refractivity contribution in [3.63, 3.8) is 0 Å². The molecule has 2 N–H and O–H groups in total. The Morgan fingerprint density at radius 2 is 1.92 bits per heavy atom. The second-order valence-corrected chi connectivity index (χ2v) is 6.56. The lowest BCUT2D eigenvalue weighted by Gasteiger charge is -2.29. The Balaban J connectivity index is 1.48. The fraction of sp³-hybridized carbons (Fsp3) is 0.500. The first-order valence-electron chi connectivity index (χ1n) is 8.80. The number of likely N-dealkylation sites (tertiary alicyclic amines) is 1. The molecule has 2 aromatic rings. The van der Waals surface area contributed by atoms with Crippen molar-refractivity contribution in [1.82, 2.24) is 20.4 Å². The van der Waals surface area contributed by atoms with Crippen LogP contribution in [0.2, 0.25) is 0 Å². The Morgan fingerprint density at radius 3 is 2.56 bits per heavy atom. The minimum atomic E-state index is -0.189. The minimum absolute atomic E-state index is 0.110. The predicted octanol–water partition coefficient (Wildman–Crippen LogP) is 3.04. The molecule has 0 spiro atoms. The number of benzene rings is 1. The van der Waals surface area contributed by atoms with Crippen LogP contribution in [0.5, 0.6) is 0 Å². The third-order valence-electron chi connectivity index (χ3n) is 4.27. The smallest absolute Gasteiger partial charge is 0.319 e. The second kappa shape index (κ2) is 8.11. The van der Waals surface area contributed by atoms with Crippen LogP contribution >= 0.6 is 0 Å². The van der Waals surface area contributed by atoms with E-state index >= 15 is 0 Å². The number of amides is 2. The van der Waals surface area contributed by atoms with Crippen LogP contribution < -0.4 is 10.6 Å². The molecule has 3 rings (SSSR count). The first-order chi connectivity index (χ1) is 12.1. The summed E-state index contributed by atoms with van der Waals surface area (Å²) in [6.45, 7) is 6.94. The van der Waals surface area contributed by atoms with E-state index in [-0.39, 0.29) is 12.1 Å². The largest absolute Gasteiger partial charge is 0.421 e. The van der Waals surface area contributed by atoms with E-state index in [2.05, 4.69) is 25.7 Å². The van der Waals surface area contributed by atoms with Crippen molar-refractivity contribution in [3.05, 3.63) is 30.2 Å². The molecule has 0 radical (unpaired) electrons. The molecule has 1 saturated heterocycles. The van der Waals surface area contributed by atoms with E-state index in [4.69, 9.17) is 4.42 Å². The summed E-state index contributed by atoms with van der Waals surface area (Å²) in [5, 5.41) is 13.6. The van der Waals surface area contributed by atoms with E-state index in [1.54, 1.807) is 6.92 Å². The second-order valence-electron chi connectivity index (χ2n) is 6.56. The van der Waals surface area contributed by atoms with Crippen molar-refractivity contribution in [3.8, 4) is 11.5 Å². The number of carbonyl (C=O) groups is 1. The molecule has 7 nitrogen and oxygen atoms in total. The molecule has 7 heteroatoms. The molecule has 1 atom stereocenters. The summed E-state index contributed by atoms with van der Waals surface area (Å²) >= 11 is 0. The number of anilines is 1. The lowest BCUT2D eigenvalue weighted by atomic mass is 10.1. The highest BCUT2D eigenvalue weighted by molar-refractivity contribution is 5.89. The highest BCUT2D eigenvalue weighted by Gasteiger charge is 2.15. The van der Waals surface area contributed by atoms with Crippen LogP contribution in [0.3, 0.4) is 0 Å². The molecule has 25 heavy (non-hydrogen) atoms. The van der Waals surface area contributed by atoms with Gasteiger partial charge in [-0.25, -0.2) is 4.79 Å². The number of urea groups is 1.